The molecule has 1 aromatic carbocycles. The maximum Gasteiger partial charge on any atom is 0.334 e. The predicted octanol–water partition coefficient (Wildman–Crippen LogP) is 0.236. The summed E-state index contributed by atoms with van der Waals surface area (Å²) in [5, 5.41) is 6.06. The molecular weight excluding hydrogens is 180 g/mol. The highest BCUT2D eigenvalue weighted by molar-refractivity contribution is 5.97. The molecule has 0 atom stereocenters. The minimum absolute atomic E-state index is 0.272. The first-order valence-corrected chi connectivity index (χ1v) is 4.10. The van der Waals surface area contributed by atoms with Gasteiger partial charge in [-0.05, 0) is 0 Å². The van der Waals surface area contributed by atoms with Gasteiger partial charge in [0.25, 0.3) is 0 Å². The first-order chi connectivity index (χ1) is 6.74. The van der Waals surface area contributed by atoms with Gasteiger partial charge in [0.2, 0.25) is 0 Å². The number of nitrogens with zero attached hydrogens (tertiary/aromatic N) is 1. The summed E-state index contributed by atoms with van der Waals surface area (Å²) in [6.07, 6.45) is 0. The van der Waals surface area contributed by atoms with E-state index in [1.165, 1.54) is 7.05 Å². The van der Waals surface area contributed by atoms with E-state index in [-0.39, 0.29) is 5.84 Å². The molecule has 0 aliphatic rings. The van der Waals surface area contributed by atoms with Gasteiger partial charge in [-0.25, -0.2) is 10.2 Å². The number of benzene rings is 1. The minimum atomic E-state index is -0.399. The molecule has 0 radical (unpaired) electrons. The SMILES string of the molecule is CNC(=O)N/N=C(\N)c1ccccc1. The Morgan fingerprint density at radius 1 is 1.36 bits per heavy atom. The normalized spacial score (nSPS) is 10.8. The van der Waals surface area contributed by atoms with Crippen LogP contribution in [-0.4, -0.2) is 18.9 Å². The Labute approximate surface area is 82.0 Å². The Hall–Kier alpha value is -2.04. The van der Waals surface area contributed by atoms with E-state index >= 15 is 0 Å². The third-order valence-corrected chi connectivity index (χ3v) is 1.57. The fourth-order valence-corrected chi connectivity index (χ4v) is 0.840. The molecule has 74 valence electrons. The molecule has 0 saturated heterocycles. The Balaban J connectivity index is 2.66. The number of carbonyl (C=O) groups is 1. The van der Waals surface area contributed by atoms with Crippen molar-refractivity contribution in [2.45, 2.75) is 0 Å². The molecule has 0 heterocycles. The minimum Gasteiger partial charge on any atom is -0.382 e. The Morgan fingerprint density at radius 3 is 2.57 bits per heavy atom. The van der Waals surface area contributed by atoms with Crippen LogP contribution in [0.25, 0.3) is 0 Å². The Kier molecular flexibility index (Phi) is 3.49. The lowest BCUT2D eigenvalue weighted by Gasteiger charge is -2.01. The molecule has 5 nitrogen and oxygen atoms in total. The summed E-state index contributed by atoms with van der Waals surface area (Å²) >= 11 is 0. The summed E-state index contributed by atoms with van der Waals surface area (Å²) in [6.45, 7) is 0. The highest BCUT2D eigenvalue weighted by atomic mass is 16.2. The second-order valence-corrected chi connectivity index (χ2v) is 2.55. The topological polar surface area (TPSA) is 79.5 Å². The van der Waals surface area contributed by atoms with Crippen molar-refractivity contribution < 1.29 is 4.79 Å². The van der Waals surface area contributed by atoms with Crippen molar-refractivity contribution >= 4 is 11.9 Å². The van der Waals surface area contributed by atoms with E-state index < -0.39 is 6.03 Å². The molecule has 2 amide bonds. The zero-order valence-electron chi connectivity index (χ0n) is 7.82. The fraction of sp³-hybridized carbons (Fsp3) is 0.111. The number of amidine groups is 1. The van der Waals surface area contributed by atoms with Crippen LogP contribution in [0, 0.1) is 0 Å². The first kappa shape index (κ1) is 10.0. The van der Waals surface area contributed by atoms with Crippen LogP contribution in [0.5, 0.6) is 0 Å². The van der Waals surface area contributed by atoms with E-state index in [0.717, 1.165) is 5.56 Å². The summed E-state index contributed by atoms with van der Waals surface area (Å²) in [5.74, 6) is 0.272. The Morgan fingerprint density at radius 2 is 2.00 bits per heavy atom. The molecule has 1 aromatic rings. The lowest BCUT2D eigenvalue weighted by molar-refractivity contribution is 0.243. The average molecular weight is 192 g/mol. The molecule has 1 rings (SSSR count). The van der Waals surface area contributed by atoms with Crippen LogP contribution in [0.4, 0.5) is 4.79 Å². The lowest BCUT2D eigenvalue weighted by Crippen LogP contribution is -2.31. The van der Waals surface area contributed by atoms with Gasteiger partial charge < -0.3 is 11.1 Å². The number of hydrogen-bond acceptors (Lipinski definition) is 2. The van der Waals surface area contributed by atoms with Crippen molar-refractivity contribution in [3.05, 3.63) is 35.9 Å². The molecule has 0 spiro atoms. The zero-order valence-corrected chi connectivity index (χ0v) is 7.82. The monoisotopic (exact) mass is 192 g/mol. The molecule has 0 fully saturated rings. The standard InChI is InChI=1S/C9H12N4O/c1-11-9(14)13-12-8(10)7-5-3-2-4-6-7/h2-6H,1H3,(H2,10,12)(H2,11,13,14). The second kappa shape index (κ2) is 4.86. The van der Waals surface area contributed by atoms with Crippen LogP contribution in [0.15, 0.2) is 35.4 Å². The largest absolute Gasteiger partial charge is 0.382 e. The van der Waals surface area contributed by atoms with E-state index in [0.29, 0.717) is 0 Å². The number of hydrazone groups is 1. The maximum atomic E-state index is 10.8. The van der Waals surface area contributed by atoms with Crippen LogP contribution in [0.1, 0.15) is 5.56 Å². The number of nitrogens with one attached hydrogen (secondary N) is 2. The molecule has 0 bridgehead atoms. The van der Waals surface area contributed by atoms with Crippen LogP contribution < -0.4 is 16.5 Å². The van der Waals surface area contributed by atoms with Gasteiger partial charge in [-0.1, -0.05) is 30.3 Å². The van der Waals surface area contributed by atoms with Gasteiger partial charge in [-0.2, -0.15) is 5.10 Å². The van der Waals surface area contributed by atoms with Crippen LogP contribution in [0.3, 0.4) is 0 Å². The maximum absolute atomic E-state index is 10.8. The van der Waals surface area contributed by atoms with Crippen molar-refractivity contribution in [1.29, 1.82) is 0 Å². The fourth-order valence-electron chi connectivity index (χ4n) is 0.840. The quantitative estimate of drug-likeness (QED) is 0.356. The second-order valence-electron chi connectivity index (χ2n) is 2.55. The van der Waals surface area contributed by atoms with Gasteiger partial charge in [-0.3, -0.25) is 0 Å². The number of carbonyl (C=O) groups excluding carboxylic acids is 1. The average Bonchev–Trinajstić information content (AvgIpc) is 2.26. The van der Waals surface area contributed by atoms with E-state index in [1.807, 2.05) is 30.3 Å². The zero-order chi connectivity index (χ0) is 10.4. The van der Waals surface area contributed by atoms with Crippen molar-refractivity contribution in [2.24, 2.45) is 10.8 Å². The van der Waals surface area contributed by atoms with Crippen molar-refractivity contribution in [1.82, 2.24) is 10.7 Å². The van der Waals surface area contributed by atoms with E-state index in [2.05, 4.69) is 15.8 Å². The molecule has 5 heteroatoms. The van der Waals surface area contributed by atoms with Gasteiger partial charge in [0, 0.05) is 12.6 Å². The number of urea groups is 1. The molecule has 0 aliphatic carbocycles. The highest BCUT2D eigenvalue weighted by Gasteiger charge is 1.97. The van der Waals surface area contributed by atoms with Crippen molar-refractivity contribution in [3.63, 3.8) is 0 Å². The van der Waals surface area contributed by atoms with Crippen LogP contribution >= 0.6 is 0 Å². The van der Waals surface area contributed by atoms with E-state index in [1.54, 1.807) is 0 Å². The summed E-state index contributed by atoms with van der Waals surface area (Å²) in [4.78, 5) is 10.8. The van der Waals surface area contributed by atoms with E-state index in [4.69, 9.17) is 5.73 Å². The number of rotatable bonds is 2. The number of nitrogens with two attached hydrogens (primary N) is 1. The van der Waals surface area contributed by atoms with Crippen molar-refractivity contribution in [3.8, 4) is 0 Å². The third-order valence-electron chi connectivity index (χ3n) is 1.57. The van der Waals surface area contributed by atoms with Gasteiger partial charge >= 0.3 is 6.03 Å². The molecule has 14 heavy (non-hydrogen) atoms. The lowest BCUT2D eigenvalue weighted by atomic mass is 10.2. The highest BCUT2D eigenvalue weighted by Crippen LogP contribution is 1.96. The van der Waals surface area contributed by atoms with Crippen LogP contribution in [-0.2, 0) is 0 Å². The summed E-state index contributed by atoms with van der Waals surface area (Å²) in [6, 6.07) is 8.79. The predicted molar refractivity (Wildman–Crippen MR) is 54.8 cm³/mol. The van der Waals surface area contributed by atoms with Gasteiger partial charge in [-0.15, -0.1) is 0 Å². The molecular formula is C9H12N4O. The first-order valence-electron chi connectivity index (χ1n) is 4.10. The molecule has 4 N–H and O–H groups in total. The van der Waals surface area contributed by atoms with Gasteiger partial charge in [0.05, 0.1) is 0 Å². The summed E-state index contributed by atoms with van der Waals surface area (Å²) in [5.41, 5.74) is 8.62. The van der Waals surface area contributed by atoms with Gasteiger partial charge in [0.15, 0.2) is 5.84 Å². The Bertz CT molecular complexity index is 334. The number of amides is 2. The summed E-state index contributed by atoms with van der Waals surface area (Å²) < 4.78 is 0. The van der Waals surface area contributed by atoms with E-state index in [9.17, 15) is 4.79 Å². The summed E-state index contributed by atoms with van der Waals surface area (Å²) in [7, 11) is 1.50. The number of hydrogen-bond donors (Lipinski definition) is 3. The van der Waals surface area contributed by atoms with Gasteiger partial charge in [0.1, 0.15) is 0 Å². The van der Waals surface area contributed by atoms with Crippen LogP contribution in [0.2, 0.25) is 0 Å². The molecule has 0 saturated carbocycles. The van der Waals surface area contributed by atoms with Crippen molar-refractivity contribution in [2.75, 3.05) is 7.05 Å². The molecule has 0 aliphatic heterocycles. The molecule has 0 unspecified atom stereocenters. The molecule has 0 aromatic heterocycles. The third kappa shape index (κ3) is 2.78. The smallest absolute Gasteiger partial charge is 0.334 e.